The first kappa shape index (κ1) is 13.7. The molecule has 4 nitrogen and oxygen atoms in total. The van der Waals surface area contributed by atoms with Gasteiger partial charge in [0.05, 0.1) is 4.92 Å². The molecule has 1 saturated carbocycles. The summed E-state index contributed by atoms with van der Waals surface area (Å²) in [4.78, 5) is 9.97. The fraction of sp³-hybridized carbons (Fsp3) is 0.538. The van der Waals surface area contributed by atoms with Crippen LogP contribution in [0, 0.1) is 16.0 Å². The lowest BCUT2D eigenvalue weighted by molar-refractivity contribution is -0.385. The highest BCUT2D eigenvalue weighted by Gasteiger charge is 2.25. The van der Waals surface area contributed by atoms with Crippen molar-refractivity contribution in [2.75, 3.05) is 5.32 Å². The lowest BCUT2D eigenvalue weighted by Crippen LogP contribution is -2.22. The van der Waals surface area contributed by atoms with Crippen molar-refractivity contribution in [2.24, 2.45) is 5.92 Å². The molecule has 0 saturated heterocycles. The number of nitro groups is 1. The maximum absolute atomic E-state index is 13.0. The summed E-state index contributed by atoms with van der Waals surface area (Å²) in [7, 11) is 0. The van der Waals surface area contributed by atoms with Crippen LogP contribution in [0.5, 0.6) is 0 Å². The van der Waals surface area contributed by atoms with Gasteiger partial charge in [0, 0.05) is 29.4 Å². The maximum Gasteiger partial charge on any atom is 0.270 e. The van der Waals surface area contributed by atoms with E-state index in [9.17, 15) is 18.9 Å². The van der Waals surface area contributed by atoms with Crippen molar-refractivity contribution in [3.63, 3.8) is 0 Å². The van der Waals surface area contributed by atoms with Crippen molar-refractivity contribution >= 4 is 11.4 Å². The van der Waals surface area contributed by atoms with Crippen molar-refractivity contribution in [3.05, 3.63) is 33.9 Å². The molecule has 1 aromatic rings. The molecule has 2 rings (SSSR count). The fourth-order valence-corrected chi connectivity index (χ4v) is 2.54. The molecule has 6 heteroatoms. The molecule has 0 spiro atoms. The van der Waals surface area contributed by atoms with E-state index in [4.69, 9.17) is 0 Å². The average Bonchev–Trinajstić information content (AvgIpc) is 2.75. The van der Waals surface area contributed by atoms with Gasteiger partial charge in [-0.25, -0.2) is 8.78 Å². The molecule has 0 amide bonds. The van der Waals surface area contributed by atoms with Crippen LogP contribution in [0.1, 0.15) is 38.2 Å². The molecular weight excluding hydrogens is 254 g/mol. The molecule has 0 bridgehead atoms. The molecule has 0 aliphatic heterocycles. The first-order chi connectivity index (χ1) is 8.99. The van der Waals surface area contributed by atoms with E-state index in [1.165, 1.54) is 12.1 Å². The third-order valence-electron chi connectivity index (χ3n) is 3.68. The number of hydrogen-bond acceptors (Lipinski definition) is 3. The van der Waals surface area contributed by atoms with Gasteiger partial charge in [0.1, 0.15) is 0 Å². The maximum atomic E-state index is 13.0. The van der Waals surface area contributed by atoms with E-state index in [1.54, 1.807) is 0 Å². The number of nitrogens with one attached hydrogen (secondary N) is 1. The van der Waals surface area contributed by atoms with Gasteiger partial charge >= 0.3 is 0 Å². The number of nitrogens with zero attached hydrogens (tertiary/aromatic N) is 1. The predicted molar refractivity (Wildman–Crippen MR) is 68.5 cm³/mol. The third kappa shape index (κ3) is 3.00. The molecule has 19 heavy (non-hydrogen) atoms. The average molecular weight is 270 g/mol. The van der Waals surface area contributed by atoms with Gasteiger partial charge in [0.2, 0.25) is 0 Å². The second-order valence-electron chi connectivity index (χ2n) is 4.99. The van der Waals surface area contributed by atoms with Gasteiger partial charge in [0.25, 0.3) is 12.1 Å². The number of benzene rings is 1. The molecular formula is C13H16F2N2O2. The predicted octanol–water partition coefficient (Wildman–Crippen LogP) is 4.13. The quantitative estimate of drug-likeness (QED) is 0.661. The Morgan fingerprint density at radius 1 is 1.42 bits per heavy atom. The highest BCUT2D eigenvalue weighted by atomic mass is 19.3. The summed E-state index contributed by atoms with van der Waals surface area (Å²) in [5.74, 6) is 0.431. The summed E-state index contributed by atoms with van der Waals surface area (Å²) >= 11 is 0. The van der Waals surface area contributed by atoms with Gasteiger partial charge in [-0.1, -0.05) is 13.3 Å². The van der Waals surface area contributed by atoms with Crippen LogP contribution in [-0.4, -0.2) is 11.0 Å². The van der Waals surface area contributed by atoms with E-state index >= 15 is 0 Å². The van der Waals surface area contributed by atoms with Gasteiger partial charge in [-0.05, 0) is 24.8 Å². The van der Waals surface area contributed by atoms with Crippen molar-refractivity contribution in [1.29, 1.82) is 0 Å². The number of nitro benzene ring substituents is 1. The van der Waals surface area contributed by atoms with Gasteiger partial charge < -0.3 is 5.32 Å². The summed E-state index contributed by atoms with van der Waals surface area (Å²) in [6, 6.07) is 3.75. The molecule has 1 aliphatic rings. The second kappa shape index (κ2) is 5.50. The van der Waals surface area contributed by atoms with Crippen molar-refractivity contribution in [3.8, 4) is 0 Å². The standard InChI is InChI=1S/C13H16F2N2O2/c1-8-3-2-4-11(8)16-12-6-5-9(17(18)19)7-10(12)13(14)15/h5-8,11,13,16H,2-4H2,1H3. The molecule has 0 aromatic heterocycles. The van der Waals surface area contributed by atoms with E-state index < -0.39 is 11.3 Å². The lowest BCUT2D eigenvalue weighted by Gasteiger charge is -2.20. The van der Waals surface area contributed by atoms with E-state index in [0.717, 1.165) is 25.3 Å². The Morgan fingerprint density at radius 2 is 2.16 bits per heavy atom. The Bertz CT molecular complexity index is 480. The SMILES string of the molecule is CC1CCCC1Nc1ccc([N+](=O)[O-])cc1C(F)F. The number of non-ortho nitro benzene ring substituents is 1. The smallest absolute Gasteiger partial charge is 0.270 e. The fourth-order valence-electron chi connectivity index (χ4n) is 2.54. The molecule has 1 aromatic carbocycles. The van der Waals surface area contributed by atoms with Crippen molar-refractivity contribution in [2.45, 2.75) is 38.7 Å². The van der Waals surface area contributed by atoms with E-state index in [-0.39, 0.29) is 17.3 Å². The highest BCUT2D eigenvalue weighted by Crippen LogP contribution is 2.34. The van der Waals surface area contributed by atoms with Crippen LogP contribution in [0.25, 0.3) is 0 Å². The monoisotopic (exact) mass is 270 g/mol. The topological polar surface area (TPSA) is 55.2 Å². The summed E-state index contributed by atoms with van der Waals surface area (Å²) in [6.45, 7) is 2.08. The van der Waals surface area contributed by atoms with Gasteiger partial charge in [-0.15, -0.1) is 0 Å². The minimum Gasteiger partial charge on any atom is -0.382 e. The van der Waals surface area contributed by atoms with Crippen LogP contribution in [-0.2, 0) is 0 Å². The first-order valence-corrected chi connectivity index (χ1v) is 6.32. The lowest BCUT2D eigenvalue weighted by atomic mass is 10.0. The molecule has 0 heterocycles. The zero-order valence-electron chi connectivity index (χ0n) is 10.6. The van der Waals surface area contributed by atoms with Crippen LogP contribution in [0.4, 0.5) is 20.2 Å². The highest BCUT2D eigenvalue weighted by molar-refractivity contribution is 5.57. The summed E-state index contributed by atoms with van der Waals surface area (Å²) in [5.41, 5.74) is -0.298. The first-order valence-electron chi connectivity index (χ1n) is 6.32. The Hall–Kier alpha value is -1.72. The zero-order chi connectivity index (χ0) is 14.0. The largest absolute Gasteiger partial charge is 0.382 e. The Labute approximate surface area is 110 Å². The van der Waals surface area contributed by atoms with E-state index in [1.807, 2.05) is 0 Å². The second-order valence-corrected chi connectivity index (χ2v) is 4.99. The van der Waals surface area contributed by atoms with Gasteiger partial charge in [-0.2, -0.15) is 0 Å². The van der Waals surface area contributed by atoms with Crippen molar-refractivity contribution in [1.82, 2.24) is 0 Å². The molecule has 2 atom stereocenters. The molecule has 1 fully saturated rings. The Morgan fingerprint density at radius 3 is 2.68 bits per heavy atom. The van der Waals surface area contributed by atoms with Crippen LogP contribution >= 0.6 is 0 Å². The van der Waals surface area contributed by atoms with Crippen LogP contribution in [0.3, 0.4) is 0 Å². The number of hydrogen-bond donors (Lipinski definition) is 1. The minimum atomic E-state index is -2.72. The number of anilines is 1. The number of alkyl halides is 2. The molecule has 0 radical (unpaired) electrons. The van der Waals surface area contributed by atoms with Crippen LogP contribution < -0.4 is 5.32 Å². The van der Waals surface area contributed by atoms with Crippen LogP contribution in [0.2, 0.25) is 0 Å². The molecule has 104 valence electrons. The third-order valence-corrected chi connectivity index (χ3v) is 3.68. The number of halogens is 2. The minimum absolute atomic E-state index is 0.166. The van der Waals surface area contributed by atoms with Gasteiger partial charge in [0.15, 0.2) is 0 Å². The number of rotatable bonds is 4. The Kier molecular flexibility index (Phi) is 3.97. The Balaban J connectivity index is 2.26. The van der Waals surface area contributed by atoms with Gasteiger partial charge in [-0.3, -0.25) is 10.1 Å². The van der Waals surface area contributed by atoms with E-state index in [0.29, 0.717) is 11.6 Å². The molecule has 2 unspecified atom stereocenters. The summed E-state index contributed by atoms with van der Waals surface area (Å²) < 4.78 is 26.0. The normalized spacial score (nSPS) is 22.7. The summed E-state index contributed by atoms with van der Waals surface area (Å²) in [5, 5.41) is 13.7. The van der Waals surface area contributed by atoms with Crippen LogP contribution in [0.15, 0.2) is 18.2 Å². The molecule has 1 aliphatic carbocycles. The summed E-state index contributed by atoms with van der Waals surface area (Å²) in [6.07, 6.45) is 0.379. The van der Waals surface area contributed by atoms with E-state index in [2.05, 4.69) is 12.2 Å². The zero-order valence-corrected chi connectivity index (χ0v) is 10.6. The molecule has 1 N–H and O–H groups in total. The van der Waals surface area contributed by atoms with Crippen molar-refractivity contribution < 1.29 is 13.7 Å².